The van der Waals surface area contributed by atoms with Crippen molar-refractivity contribution >= 4 is 28.7 Å². The highest BCUT2D eigenvalue weighted by Gasteiger charge is 2.42. The summed E-state index contributed by atoms with van der Waals surface area (Å²) in [7, 11) is 2.87. The van der Waals surface area contributed by atoms with Gasteiger partial charge in [0.15, 0.2) is 23.9 Å². The third kappa shape index (κ3) is 7.93. The minimum Gasteiger partial charge on any atom is -0.493 e. The van der Waals surface area contributed by atoms with E-state index in [0.717, 1.165) is 56.4 Å². The number of methoxy groups -OCH3 is 2. The van der Waals surface area contributed by atoms with Gasteiger partial charge in [0.25, 0.3) is 5.91 Å². The maximum atomic E-state index is 14.0. The van der Waals surface area contributed by atoms with E-state index in [0.29, 0.717) is 44.2 Å². The van der Waals surface area contributed by atoms with Crippen LogP contribution in [0.2, 0.25) is 0 Å². The second-order valence-corrected chi connectivity index (χ2v) is 13.5. The van der Waals surface area contributed by atoms with Crippen LogP contribution in [0.3, 0.4) is 0 Å². The van der Waals surface area contributed by atoms with Crippen LogP contribution in [0.5, 0.6) is 17.2 Å². The average molecular weight is 713 g/mol. The second kappa shape index (κ2) is 16.6. The number of imidazole rings is 1. The molecule has 6 rings (SSSR count). The molecule has 12 heteroatoms. The number of carbonyl (C=O) groups is 3. The molecule has 2 saturated heterocycles. The van der Waals surface area contributed by atoms with Crippen molar-refractivity contribution in [2.24, 2.45) is 5.92 Å². The van der Waals surface area contributed by atoms with Crippen LogP contribution in [0, 0.1) is 5.92 Å². The maximum absolute atomic E-state index is 14.0. The summed E-state index contributed by atoms with van der Waals surface area (Å²) in [5.74, 6) is -0.174. The zero-order chi connectivity index (χ0) is 36.7. The normalized spacial score (nSPS) is 18.1. The molecule has 2 fully saturated rings. The number of carbonyl (C=O) groups excluding carboxylic acids is 2. The SMILES string of the molecule is CCOCCn1c(C(=O)C2CCN(CCC3(c4ccccc4)CCN(C(=O)c4cc(OC)c(OCC(=O)O)c(OC)c4)C3)CC2)nc2ccccc21. The average Bonchev–Trinajstić information content (AvgIpc) is 3.79. The lowest BCUT2D eigenvalue weighted by Gasteiger charge is -2.36. The first-order valence-electron chi connectivity index (χ1n) is 18.0. The van der Waals surface area contributed by atoms with Crippen molar-refractivity contribution in [3.8, 4) is 17.2 Å². The van der Waals surface area contributed by atoms with E-state index in [4.69, 9.17) is 29.0 Å². The topological polar surface area (TPSA) is 133 Å². The first kappa shape index (κ1) is 36.8. The van der Waals surface area contributed by atoms with E-state index in [1.165, 1.54) is 19.8 Å². The fourth-order valence-corrected chi connectivity index (χ4v) is 7.65. The minimum atomic E-state index is -1.14. The molecule has 3 aromatic carbocycles. The molecule has 2 aliphatic rings. The van der Waals surface area contributed by atoms with E-state index in [-0.39, 0.29) is 40.3 Å². The lowest BCUT2D eigenvalue weighted by atomic mass is 9.76. The molecule has 1 unspecified atom stereocenters. The molecule has 1 aromatic heterocycles. The number of rotatable bonds is 16. The Morgan fingerprint density at radius 3 is 2.29 bits per heavy atom. The number of fused-ring (bicyclic) bond motifs is 1. The summed E-state index contributed by atoms with van der Waals surface area (Å²) in [6.07, 6.45) is 3.21. The van der Waals surface area contributed by atoms with Crippen LogP contribution in [0.25, 0.3) is 11.0 Å². The minimum absolute atomic E-state index is 0.0866. The van der Waals surface area contributed by atoms with Crippen molar-refractivity contribution in [2.75, 3.05) is 66.8 Å². The number of carboxylic acid groups (broad SMARTS) is 1. The van der Waals surface area contributed by atoms with Gasteiger partial charge in [0, 0.05) is 43.1 Å². The Labute approximate surface area is 304 Å². The van der Waals surface area contributed by atoms with E-state index in [9.17, 15) is 14.4 Å². The quantitative estimate of drug-likeness (QED) is 0.120. The zero-order valence-corrected chi connectivity index (χ0v) is 30.2. The molecule has 0 bridgehead atoms. The highest BCUT2D eigenvalue weighted by Crippen LogP contribution is 2.42. The summed E-state index contributed by atoms with van der Waals surface area (Å²) in [4.78, 5) is 48.1. The number of carboxylic acids is 1. The lowest BCUT2D eigenvalue weighted by molar-refractivity contribution is -0.139. The molecular weight excluding hydrogens is 664 g/mol. The number of aromatic nitrogens is 2. The van der Waals surface area contributed by atoms with Crippen molar-refractivity contribution in [1.82, 2.24) is 19.4 Å². The van der Waals surface area contributed by atoms with Crippen LogP contribution in [0.4, 0.5) is 0 Å². The second-order valence-electron chi connectivity index (χ2n) is 13.5. The Bertz CT molecular complexity index is 1840. The fourth-order valence-electron chi connectivity index (χ4n) is 7.65. The Kier molecular flexibility index (Phi) is 11.8. The number of benzene rings is 3. The van der Waals surface area contributed by atoms with Gasteiger partial charge in [-0.05, 0) is 82.1 Å². The number of aliphatic carboxylic acids is 1. The Morgan fingerprint density at radius 2 is 1.62 bits per heavy atom. The molecule has 0 radical (unpaired) electrons. The van der Waals surface area contributed by atoms with Gasteiger partial charge in [0.1, 0.15) is 0 Å². The van der Waals surface area contributed by atoms with E-state index >= 15 is 0 Å². The summed E-state index contributed by atoms with van der Waals surface area (Å²) in [6.45, 7) is 6.75. The summed E-state index contributed by atoms with van der Waals surface area (Å²) >= 11 is 0. The highest BCUT2D eigenvalue weighted by molar-refractivity contribution is 5.98. The molecule has 3 heterocycles. The lowest BCUT2D eigenvalue weighted by Crippen LogP contribution is -2.41. The smallest absolute Gasteiger partial charge is 0.341 e. The summed E-state index contributed by atoms with van der Waals surface area (Å²) in [5.41, 5.74) is 3.12. The summed E-state index contributed by atoms with van der Waals surface area (Å²) in [5, 5.41) is 9.11. The van der Waals surface area contributed by atoms with Crippen LogP contribution in [0.15, 0.2) is 66.7 Å². The van der Waals surface area contributed by atoms with Crippen LogP contribution in [0.1, 0.15) is 59.1 Å². The molecule has 1 amide bonds. The molecule has 1 atom stereocenters. The van der Waals surface area contributed by atoms with Crippen molar-refractivity contribution in [3.63, 3.8) is 0 Å². The number of piperidine rings is 1. The third-order valence-corrected chi connectivity index (χ3v) is 10.5. The molecule has 12 nitrogen and oxygen atoms in total. The highest BCUT2D eigenvalue weighted by atomic mass is 16.5. The van der Waals surface area contributed by atoms with Crippen molar-refractivity contribution < 1.29 is 38.4 Å². The van der Waals surface area contributed by atoms with Crippen LogP contribution >= 0.6 is 0 Å². The van der Waals surface area contributed by atoms with Gasteiger partial charge in [-0.3, -0.25) is 9.59 Å². The van der Waals surface area contributed by atoms with Gasteiger partial charge < -0.3 is 38.4 Å². The Hall–Kier alpha value is -4.94. The van der Waals surface area contributed by atoms with Gasteiger partial charge >= 0.3 is 5.97 Å². The number of ketones is 1. The number of Topliss-reactive ketones (excluding diaryl/α,β-unsaturated/α-hetero) is 1. The van der Waals surface area contributed by atoms with E-state index in [1.54, 1.807) is 12.1 Å². The third-order valence-electron chi connectivity index (χ3n) is 10.5. The molecule has 52 heavy (non-hydrogen) atoms. The molecule has 276 valence electrons. The maximum Gasteiger partial charge on any atom is 0.341 e. The first-order valence-corrected chi connectivity index (χ1v) is 18.0. The van der Waals surface area contributed by atoms with E-state index < -0.39 is 12.6 Å². The van der Waals surface area contributed by atoms with Gasteiger partial charge in [-0.25, -0.2) is 9.78 Å². The van der Waals surface area contributed by atoms with Crippen LogP contribution < -0.4 is 14.2 Å². The molecular formula is C40H48N4O8. The zero-order valence-electron chi connectivity index (χ0n) is 30.2. The van der Waals surface area contributed by atoms with Gasteiger partial charge in [-0.15, -0.1) is 0 Å². The molecule has 4 aromatic rings. The van der Waals surface area contributed by atoms with Crippen molar-refractivity contribution in [2.45, 2.75) is 44.6 Å². The number of ether oxygens (including phenoxy) is 4. The number of nitrogens with zero attached hydrogens (tertiary/aromatic N) is 4. The van der Waals surface area contributed by atoms with Gasteiger partial charge in [0.2, 0.25) is 11.5 Å². The standard InChI is InChI=1S/C40H48N4O8/c1-4-51-23-22-44-32-13-9-8-12-31(32)41-38(44)36(47)28-14-18-42(19-15-28)20-16-40(30-10-6-5-7-11-30)17-21-43(27-40)39(48)29-24-33(49-2)37(34(25-29)50-3)52-26-35(45)46/h5-13,24-25,28H,4,14-23,26-27H2,1-3H3,(H,45,46). The van der Waals surface area contributed by atoms with Gasteiger partial charge in [0.05, 0.1) is 31.9 Å². The first-order chi connectivity index (χ1) is 25.3. The number of likely N-dealkylation sites (tertiary alicyclic amines) is 2. The number of hydrogen-bond acceptors (Lipinski definition) is 9. The van der Waals surface area contributed by atoms with Crippen LogP contribution in [-0.2, 0) is 21.5 Å². The Balaban J connectivity index is 1.13. The summed E-state index contributed by atoms with van der Waals surface area (Å²) in [6, 6.07) is 21.4. The van der Waals surface area contributed by atoms with Gasteiger partial charge in [-0.1, -0.05) is 42.5 Å². The predicted molar refractivity (Wildman–Crippen MR) is 196 cm³/mol. The van der Waals surface area contributed by atoms with E-state index in [2.05, 4.69) is 17.0 Å². The fraction of sp³-hybridized carbons (Fsp3) is 0.450. The number of para-hydroxylation sites is 2. The Morgan fingerprint density at radius 1 is 0.923 bits per heavy atom. The van der Waals surface area contributed by atoms with E-state index in [1.807, 2.05) is 58.9 Å². The van der Waals surface area contributed by atoms with Crippen molar-refractivity contribution in [3.05, 3.63) is 83.7 Å². The number of amides is 1. The van der Waals surface area contributed by atoms with Crippen molar-refractivity contribution in [1.29, 1.82) is 0 Å². The van der Waals surface area contributed by atoms with Gasteiger partial charge in [-0.2, -0.15) is 0 Å². The largest absolute Gasteiger partial charge is 0.493 e. The molecule has 1 N–H and O–H groups in total. The predicted octanol–water partition coefficient (Wildman–Crippen LogP) is 5.32. The molecule has 0 aliphatic carbocycles. The molecule has 0 spiro atoms. The number of hydrogen-bond donors (Lipinski definition) is 1. The molecule has 2 aliphatic heterocycles. The monoisotopic (exact) mass is 712 g/mol. The summed E-state index contributed by atoms with van der Waals surface area (Å²) < 4.78 is 24.0. The van der Waals surface area contributed by atoms with Crippen LogP contribution in [-0.4, -0.2) is 109 Å². The molecule has 0 saturated carbocycles.